The first kappa shape index (κ1) is 20.0. The van der Waals surface area contributed by atoms with Gasteiger partial charge in [-0.3, -0.25) is 9.59 Å². The minimum absolute atomic E-state index is 0.0792. The van der Waals surface area contributed by atoms with Crippen molar-refractivity contribution >= 4 is 17.8 Å². The van der Waals surface area contributed by atoms with E-state index >= 15 is 0 Å². The smallest absolute Gasteiger partial charge is 0.326 e. The molecule has 2 aromatic carbocycles. The van der Waals surface area contributed by atoms with Crippen LogP contribution < -0.4 is 10.6 Å². The van der Waals surface area contributed by atoms with Gasteiger partial charge < -0.3 is 15.7 Å². The highest BCUT2D eigenvalue weighted by atomic mass is 16.4. The Morgan fingerprint density at radius 1 is 1.04 bits per heavy atom. The first-order valence-corrected chi connectivity index (χ1v) is 8.65. The van der Waals surface area contributed by atoms with E-state index < -0.39 is 24.0 Å². The molecule has 6 nitrogen and oxygen atoms in total. The maximum absolute atomic E-state index is 12.6. The largest absolute Gasteiger partial charge is 0.480 e. The van der Waals surface area contributed by atoms with Gasteiger partial charge in [-0.2, -0.15) is 0 Å². The Bertz CT molecular complexity index is 775. The van der Waals surface area contributed by atoms with Gasteiger partial charge in [0, 0.05) is 17.5 Å². The lowest BCUT2D eigenvalue weighted by molar-refractivity contribution is -0.142. The molecule has 2 rings (SSSR count). The molecule has 0 aromatic heterocycles. The number of hydrogen-bond acceptors (Lipinski definition) is 3. The fourth-order valence-corrected chi connectivity index (χ4v) is 2.54. The maximum Gasteiger partial charge on any atom is 0.326 e. The van der Waals surface area contributed by atoms with E-state index in [0.717, 1.165) is 0 Å². The SMILES string of the molecule is CC(C)C(NC(=O)c1ccccc1)C(=O)NC(Cc1c#cccc1)C(=O)O. The Hall–Kier alpha value is -3.33. The van der Waals surface area contributed by atoms with Crippen molar-refractivity contribution in [2.45, 2.75) is 32.4 Å². The molecule has 0 aliphatic heterocycles. The highest BCUT2D eigenvalue weighted by Crippen LogP contribution is 2.07. The van der Waals surface area contributed by atoms with Crippen LogP contribution in [0, 0.1) is 18.1 Å². The Labute approximate surface area is 158 Å². The van der Waals surface area contributed by atoms with E-state index in [1.807, 2.05) is 0 Å². The van der Waals surface area contributed by atoms with Gasteiger partial charge in [0.15, 0.2) is 0 Å². The van der Waals surface area contributed by atoms with Crippen LogP contribution in [0.25, 0.3) is 0 Å². The fraction of sp³-hybridized carbons (Fsp3) is 0.286. The number of carbonyl (C=O) groups is 3. The van der Waals surface area contributed by atoms with Crippen LogP contribution in [0.1, 0.15) is 29.8 Å². The van der Waals surface area contributed by atoms with E-state index in [1.165, 1.54) is 0 Å². The average Bonchev–Trinajstić information content (AvgIpc) is 2.66. The van der Waals surface area contributed by atoms with Crippen LogP contribution in [0.4, 0.5) is 0 Å². The topological polar surface area (TPSA) is 95.5 Å². The number of hydrogen-bond donors (Lipinski definition) is 3. The van der Waals surface area contributed by atoms with Gasteiger partial charge in [0.1, 0.15) is 12.1 Å². The Balaban J connectivity index is 2.08. The van der Waals surface area contributed by atoms with Crippen LogP contribution in [-0.4, -0.2) is 35.0 Å². The van der Waals surface area contributed by atoms with Gasteiger partial charge in [0.05, 0.1) is 0 Å². The normalized spacial score (nSPS) is 12.6. The molecule has 3 N–H and O–H groups in total. The zero-order chi connectivity index (χ0) is 19.8. The molecule has 27 heavy (non-hydrogen) atoms. The van der Waals surface area contributed by atoms with Crippen molar-refractivity contribution in [3.05, 3.63) is 71.8 Å². The molecule has 0 heterocycles. The molecule has 140 valence electrons. The lowest BCUT2D eigenvalue weighted by Gasteiger charge is -2.24. The van der Waals surface area contributed by atoms with Gasteiger partial charge in [0.25, 0.3) is 5.91 Å². The van der Waals surface area contributed by atoms with Gasteiger partial charge in [0.2, 0.25) is 5.91 Å². The van der Waals surface area contributed by atoms with Crippen molar-refractivity contribution in [1.29, 1.82) is 0 Å². The summed E-state index contributed by atoms with van der Waals surface area (Å²) in [4.78, 5) is 36.6. The van der Waals surface area contributed by atoms with E-state index in [2.05, 4.69) is 22.8 Å². The van der Waals surface area contributed by atoms with Crippen molar-refractivity contribution in [2.75, 3.05) is 0 Å². The number of benzene rings is 1. The molecule has 0 aliphatic rings. The van der Waals surface area contributed by atoms with Crippen molar-refractivity contribution in [3.8, 4) is 0 Å². The standard InChI is InChI=1S/C21H22N2O4/c1-14(2)18(23-19(24)16-11-7-4-8-12-16)20(25)22-17(21(26)27)13-15-9-5-3-6-10-15/h3-5,7-9,11-12,14,17-18H,13H2,1-2H3,(H,22,25)(H,23,24)(H,26,27). The third kappa shape index (κ3) is 5.86. The summed E-state index contributed by atoms with van der Waals surface area (Å²) in [5.41, 5.74) is 1.06. The Morgan fingerprint density at radius 3 is 2.30 bits per heavy atom. The Morgan fingerprint density at radius 2 is 1.74 bits per heavy atom. The molecule has 2 amide bonds. The zero-order valence-electron chi connectivity index (χ0n) is 15.2. The summed E-state index contributed by atoms with van der Waals surface area (Å²) >= 11 is 0. The molecular formula is C21H22N2O4. The second-order valence-corrected chi connectivity index (χ2v) is 6.49. The van der Waals surface area contributed by atoms with Gasteiger partial charge in [-0.15, -0.1) is 0 Å². The molecule has 0 bridgehead atoms. The van der Waals surface area contributed by atoms with Crippen molar-refractivity contribution < 1.29 is 19.5 Å². The predicted octanol–water partition coefficient (Wildman–Crippen LogP) is 1.85. The summed E-state index contributed by atoms with van der Waals surface area (Å²) in [5, 5.41) is 14.6. The molecule has 0 spiro atoms. The first-order valence-electron chi connectivity index (χ1n) is 8.65. The van der Waals surface area contributed by atoms with Crippen LogP contribution in [0.15, 0.2) is 48.5 Å². The van der Waals surface area contributed by atoms with E-state index in [-0.39, 0.29) is 18.2 Å². The Kier molecular flexibility index (Phi) is 6.95. The molecule has 0 saturated carbocycles. The molecule has 2 aromatic rings. The lowest BCUT2D eigenvalue weighted by atomic mass is 10.0. The summed E-state index contributed by atoms with van der Waals surface area (Å²) in [7, 11) is 0. The highest BCUT2D eigenvalue weighted by Gasteiger charge is 2.29. The van der Waals surface area contributed by atoms with Crippen molar-refractivity contribution in [1.82, 2.24) is 10.6 Å². The summed E-state index contributed by atoms with van der Waals surface area (Å²) in [5.74, 6) is -2.30. The van der Waals surface area contributed by atoms with Crippen molar-refractivity contribution in [2.24, 2.45) is 5.92 Å². The number of aliphatic carboxylic acids is 1. The maximum atomic E-state index is 12.6. The first-order chi connectivity index (χ1) is 12.9. The summed E-state index contributed by atoms with van der Waals surface area (Å²) in [6, 6.07) is 17.2. The van der Waals surface area contributed by atoms with E-state index in [4.69, 9.17) is 0 Å². The monoisotopic (exact) mass is 366 g/mol. The number of carboxylic acids is 1. The third-order valence-corrected chi connectivity index (χ3v) is 4.02. The van der Waals surface area contributed by atoms with E-state index in [9.17, 15) is 19.5 Å². The van der Waals surface area contributed by atoms with E-state index in [0.29, 0.717) is 11.1 Å². The van der Waals surface area contributed by atoms with Crippen LogP contribution in [0.5, 0.6) is 0 Å². The quantitative estimate of drug-likeness (QED) is 0.664. The van der Waals surface area contributed by atoms with Gasteiger partial charge in [-0.1, -0.05) is 50.2 Å². The second kappa shape index (κ2) is 9.39. The average molecular weight is 366 g/mol. The molecule has 0 radical (unpaired) electrons. The number of carboxylic acid groups (broad SMARTS) is 1. The van der Waals surface area contributed by atoms with Crippen LogP contribution in [-0.2, 0) is 16.0 Å². The predicted molar refractivity (Wildman–Crippen MR) is 99.9 cm³/mol. The molecule has 6 heteroatoms. The van der Waals surface area contributed by atoms with Gasteiger partial charge >= 0.3 is 5.97 Å². The minimum Gasteiger partial charge on any atom is -0.480 e. The highest BCUT2D eigenvalue weighted by molar-refractivity contribution is 5.98. The molecule has 2 unspecified atom stereocenters. The molecule has 0 fully saturated rings. The fourth-order valence-electron chi connectivity index (χ4n) is 2.54. The molecule has 2 atom stereocenters. The number of carbonyl (C=O) groups excluding carboxylic acids is 2. The van der Waals surface area contributed by atoms with Crippen molar-refractivity contribution in [3.63, 3.8) is 0 Å². The summed E-state index contributed by atoms with van der Waals surface area (Å²) < 4.78 is 0. The third-order valence-electron chi connectivity index (χ3n) is 4.02. The second-order valence-electron chi connectivity index (χ2n) is 6.49. The lowest BCUT2D eigenvalue weighted by Crippen LogP contribution is -2.54. The van der Waals surface area contributed by atoms with Crippen LogP contribution >= 0.6 is 0 Å². The molecule has 0 aliphatic carbocycles. The van der Waals surface area contributed by atoms with Gasteiger partial charge in [-0.25, -0.2) is 4.79 Å². The van der Waals surface area contributed by atoms with Crippen LogP contribution in [0.2, 0.25) is 0 Å². The minimum atomic E-state index is -1.16. The summed E-state index contributed by atoms with van der Waals surface area (Å²) in [6.45, 7) is 3.57. The number of nitrogens with one attached hydrogen (secondary N) is 2. The molecule has 0 saturated heterocycles. The number of amides is 2. The van der Waals surface area contributed by atoms with Gasteiger partial charge in [-0.05, 0) is 30.2 Å². The summed E-state index contributed by atoms with van der Waals surface area (Å²) in [6.07, 6.45) is 0.0792. The van der Waals surface area contributed by atoms with Crippen LogP contribution in [0.3, 0.4) is 0 Å². The zero-order valence-corrected chi connectivity index (χ0v) is 15.2. The molecular weight excluding hydrogens is 344 g/mol. The van der Waals surface area contributed by atoms with E-state index in [1.54, 1.807) is 62.4 Å². The number of rotatable bonds is 8.